The van der Waals surface area contributed by atoms with Crippen LogP contribution in [0.25, 0.3) is 28.0 Å². The van der Waals surface area contributed by atoms with E-state index in [9.17, 15) is 0 Å². The summed E-state index contributed by atoms with van der Waals surface area (Å²) in [5.74, 6) is 0. The molecule has 4 aromatic rings. The van der Waals surface area contributed by atoms with Gasteiger partial charge in [-0.1, -0.05) is 54.6 Å². The van der Waals surface area contributed by atoms with E-state index in [-0.39, 0.29) is 0 Å². The van der Waals surface area contributed by atoms with Crippen molar-refractivity contribution in [1.82, 2.24) is 9.38 Å². The molecule has 0 radical (unpaired) electrons. The first-order valence-electron chi connectivity index (χ1n) is 7.41. The summed E-state index contributed by atoms with van der Waals surface area (Å²) in [5, 5.41) is 0. The predicted molar refractivity (Wildman–Crippen MR) is 90.8 cm³/mol. The molecule has 2 nitrogen and oxygen atoms in total. The average molecular weight is 284 g/mol. The summed E-state index contributed by atoms with van der Waals surface area (Å²) in [7, 11) is 0. The fourth-order valence-corrected chi connectivity index (χ4v) is 2.69. The van der Waals surface area contributed by atoms with E-state index in [2.05, 4.69) is 84.4 Å². The molecule has 0 atom stereocenters. The Morgan fingerprint density at radius 2 is 1.45 bits per heavy atom. The maximum Gasteiger partial charge on any atom is 0.137 e. The van der Waals surface area contributed by atoms with Gasteiger partial charge in [-0.3, -0.25) is 0 Å². The van der Waals surface area contributed by atoms with Crippen LogP contribution < -0.4 is 0 Å². The van der Waals surface area contributed by atoms with Gasteiger partial charge in [-0.15, -0.1) is 0 Å². The Bertz CT molecular complexity index is 919. The topological polar surface area (TPSA) is 17.3 Å². The first-order chi connectivity index (χ1) is 10.8. The standard InChI is InChI=1S/C20H16N2/c1-15-11-12-22-14-19(21-20(22)13-15)18-9-7-17(8-10-18)16-5-3-2-4-6-16/h2-14H,1H3. The zero-order chi connectivity index (χ0) is 14.9. The fraction of sp³-hybridized carbons (Fsp3) is 0.0500. The third kappa shape index (κ3) is 2.29. The zero-order valence-corrected chi connectivity index (χ0v) is 12.4. The van der Waals surface area contributed by atoms with Crippen LogP contribution in [-0.2, 0) is 0 Å². The molecule has 0 unspecified atom stereocenters. The number of aryl methyl sites for hydroxylation is 1. The third-order valence-corrected chi connectivity index (χ3v) is 3.90. The van der Waals surface area contributed by atoms with Crippen LogP contribution in [0.3, 0.4) is 0 Å². The van der Waals surface area contributed by atoms with E-state index in [0.29, 0.717) is 0 Å². The van der Waals surface area contributed by atoms with Gasteiger partial charge in [0.05, 0.1) is 5.69 Å². The maximum absolute atomic E-state index is 4.71. The third-order valence-electron chi connectivity index (χ3n) is 3.90. The lowest BCUT2D eigenvalue weighted by Crippen LogP contribution is -1.81. The predicted octanol–water partition coefficient (Wildman–Crippen LogP) is 4.98. The van der Waals surface area contributed by atoms with Gasteiger partial charge in [-0.2, -0.15) is 0 Å². The largest absolute Gasteiger partial charge is 0.306 e. The molecule has 0 amide bonds. The van der Waals surface area contributed by atoms with Crippen LogP contribution in [-0.4, -0.2) is 9.38 Å². The molecule has 4 rings (SSSR count). The van der Waals surface area contributed by atoms with E-state index in [1.165, 1.54) is 16.7 Å². The van der Waals surface area contributed by atoms with Crippen LogP contribution in [0.4, 0.5) is 0 Å². The van der Waals surface area contributed by atoms with Crippen molar-refractivity contribution in [2.24, 2.45) is 0 Å². The number of rotatable bonds is 2. The molecule has 0 aliphatic rings. The number of hydrogen-bond acceptors (Lipinski definition) is 1. The number of pyridine rings is 1. The van der Waals surface area contributed by atoms with Crippen molar-refractivity contribution in [3.8, 4) is 22.4 Å². The van der Waals surface area contributed by atoms with E-state index in [4.69, 9.17) is 4.98 Å². The lowest BCUT2D eigenvalue weighted by atomic mass is 10.0. The molecule has 0 bridgehead atoms. The number of nitrogens with zero attached hydrogens (tertiary/aromatic N) is 2. The molecule has 2 heteroatoms. The van der Waals surface area contributed by atoms with Gasteiger partial charge in [0, 0.05) is 18.0 Å². The maximum atomic E-state index is 4.71. The quantitative estimate of drug-likeness (QED) is 0.507. The Morgan fingerprint density at radius 1 is 0.773 bits per heavy atom. The number of imidazole rings is 1. The van der Waals surface area contributed by atoms with E-state index in [1.807, 2.05) is 6.07 Å². The van der Waals surface area contributed by atoms with E-state index in [0.717, 1.165) is 16.9 Å². The lowest BCUT2D eigenvalue weighted by Gasteiger charge is -2.02. The fourth-order valence-electron chi connectivity index (χ4n) is 2.69. The molecule has 0 aliphatic heterocycles. The summed E-state index contributed by atoms with van der Waals surface area (Å²) < 4.78 is 2.06. The summed E-state index contributed by atoms with van der Waals surface area (Å²) in [4.78, 5) is 4.71. The molecular weight excluding hydrogens is 268 g/mol. The number of fused-ring (bicyclic) bond motifs is 1. The smallest absolute Gasteiger partial charge is 0.137 e. The molecule has 2 heterocycles. The van der Waals surface area contributed by atoms with Crippen molar-refractivity contribution in [3.63, 3.8) is 0 Å². The van der Waals surface area contributed by atoms with Crippen LogP contribution in [0, 0.1) is 6.92 Å². The second kappa shape index (κ2) is 5.15. The normalized spacial score (nSPS) is 11.0. The molecule has 0 spiro atoms. The SMILES string of the molecule is Cc1ccn2cc(-c3ccc(-c4ccccc4)cc3)nc2c1. The van der Waals surface area contributed by atoms with Gasteiger partial charge in [0.2, 0.25) is 0 Å². The second-order valence-electron chi connectivity index (χ2n) is 5.54. The van der Waals surface area contributed by atoms with Gasteiger partial charge in [0.25, 0.3) is 0 Å². The molecule has 0 N–H and O–H groups in total. The molecule has 22 heavy (non-hydrogen) atoms. The highest BCUT2D eigenvalue weighted by atomic mass is 15.0. The van der Waals surface area contributed by atoms with Crippen molar-refractivity contribution in [2.45, 2.75) is 6.92 Å². The van der Waals surface area contributed by atoms with Crippen LogP contribution in [0.2, 0.25) is 0 Å². The Labute approximate surface area is 129 Å². The van der Waals surface area contributed by atoms with Gasteiger partial charge in [-0.25, -0.2) is 4.98 Å². The summed E-state index contributed by atoms with van der Waals surface area (Å²) in [5.41, 5.74) is 6.82. The lowest BCUT2D eigenvalue weighted by molar-refractivity contribution is 1.17. The molecule has 0 aliphatic carbocycles. The molecule has 0 fully saturated rings. The highest BCUT2D eigenvalue weighted by Gasteiger charge is 2.05. The van der Waals surface area contributed by atoms with Gasteiger partial charge in [0.15, 0.2) is 0 Å². The number of aromatic nitrogens is 2. The van der Waals surface area contributed by atoms with Gasteiger partial charge in [-0.05, 0) is 35.7 Å². The number of hydrogen-bond donors (Lipinski definition) is 0. The highest BCUT2D eigenvalue weighted by molar-refractivity contribution is 5.69. The van der Waals surface area contributed by atoms with Gasteiger partial charge >= 0.3 is 0 Å². The van der Waals surface area contributed by atoms with Gasteiger partial charge < -0.3 is 4.40 Å². The second-order valence-corrected chi connectivity index (χ2v) is 5.54. The monoisotopic (exact) mass is 284 g/mol. The minimum atomic E-state index is 0.988. The molecule has 0 saturated carbocycles. The summed E-state index contributed by atoms with van der Waals surface area (Å²) >= 11 is 0. The number of benzene rings is 2. The van der Waals surface area contributed by atoms with Crippen molar-refractivity contribution in [2.75, 3.05) is 0 Å². The highest BCUT2D eigenvalue weighted by Crippen LogP contribution is 2.24. The summed E-state index contributed by atoms with van der Waals surface area (Å²) in [6.07, 6.45) is 4.13. The summed E-state index contributed by atoms with van der Waals surface area (Å²) in [6, 6.07) is 23.2. The van der Waals surface area contributed by atoms with Crippen molar-refractivity contribution in [1.29, 1.82) is 0 Å². The van der Waals surface area contributed by atoms with E-state index >= 15 is 0 Å². The molecule has 2 aromatic carbocycles. The van der Waals surface area contributed by atoms with Crippen molar-refractivity contribution >= 4 is 5.65 Å². The molecule has 106 valence electrons. The molecule has 2 aromatic heterocycles. The zero-order valence-electron chi connectivity index (χ0n) is 12.4. The Balaban J connectivity index is 1.73. The van der Waals surface area contributed by atoms with Gasteiger partial charge in [0.1, 0.15) is 5.65 Å². The van der Waals surface area contributed by atoms with Crippen LogP contribution in [0.1, 0.15) is 5.56 Å². The van der Waals surface area contributed by atoms with E-state index < -0.39 is 0 Å². The average Bonchev–Trinajstić information content (AvgIpc) is 2.99. The van der Waals surface area contributed by atoms with E-state index in [1.54, 1.807) is 0 Å². The first kappa shape index (κ1) is 12.8. The molecular formula is C20H16N2. The van der Waals surface area contributed by atoms with Crippen LogP contribution >= 0.6 is 0 Å². The van der Waals surface area contributed by atoms with Crippen molar-refractivity contribution < 1.29 is 0 Å². The minimum absolute atomic E-state index is 0.988. The van der Waals surface area contributed by atoms with Crippen LogP contribution in [0.5, 0.6) is 0 Å². The Hall–Kier alpha value is -2.87. The minimum Gasteiger partial charge on any atom is -0.306 e. The molecule has 0 saturated heterocycles. The Kier molecular flexibility index (Phi) is 3.01. The van der Waals surface area contributed by atoms with Crippen molar-refractivity contribution in [3.05, 3.63) is 84.7 Å². The first-order valence-corrected chi connectivity index (χ1v) is 7.41. The summed E-state index contributed by atoms with van der Waals surface area (Å²) in [6.45, 7) is 2.09. The van der Waals surface area contributed by atoms with Crippen LogP contribution in [0.15, 0.2) is 79.1 Å². The Morgan fingerprint density at radius 3 is 2.23 bits per heavy atom.